The van der Waals surface area contributed by atoms with Gasteiger partial charge in [-0.3, -0.25) is 4.79 Å². The third-order valence-electron chi connectivity index (χ3n) is 3.93. The van der Waals surface area contributed by atoms with Crippen molar-refractivity contribution < 1.29 is 18.0 Å². The number of aromatic nitrogens is 2. The summed E-state index contributed by atoms with van der Waals surface area (Å²) in [6.45, 7) is 3.16. The Kier molecular flexibility index (Phi) is 4.61. The summed E-state index contributed by atoms with van der Waals surface area (Å²) >= 11 is 0. The van der Waals surface area contributed by atoms with E-state index in [9.17, 15) is 18.0 Å². The molecular formula is C17H17F3N4O. The van der Waals surface area contributed by atoms with Gasteiger partial charge in [-0.05, 0) is 50.1 Å². The van der Waals surface area contributed by atoms with Crippen LogP contribution in [0.1, 0.15) is 34.6 Å². The zero-order valence-corrected chi connectivity index (χ0v) is 13.6. The van der Waals surface area contributed by atoms with Gasteiger partial charge in [0, 0.05) is 24.5 Å². The molecule has 0 aliphatic carbocycles. The van der Waals surface area contributed by atoms with Crippen LogP contribution in [-0.2, 0) is 6.18 Å². The average molecular weight is 350 g/mol. The van der Waals surface area contributed by atoms with Gasteiger partial charge in [0.05, 0.1) is 5.56 Å². The van der Waals surface area contributed by atoms with Crippen molar-refractivity contribution in [3.8, 4) is 0 Å². The third-order valence-corrected chi connectivity index (χ3v) is 3.93. The molecule has 1 saturated heterocycles. The third kappa shape index (κ3) is 4.07. The van der Waals surface area contributed by atoms with Crippen LogP contribution in [0, 0.1) is 6.92 Å². The number of carbonyl (C=O) groups excluding carboxylic acids is 1. The number of halogens is 3. The molecule has 1 aliphatic rings. The van der Waals surface area contributed by atoms with Gasteiger partial charge in [-0.2, -0.15) is 13.2 Å². The highest BCUT2D eigenvalue weighted by molar-refractivity contribution is 5.92. The predicted octanol–water partition coefficient (Wildman–Crippen LogP) is 3.78. The maximum Gasteiger partial charge on any atom is 0.416 e. The van der Waals surface area contributed by atoms with E-state index in [1.165, 1.54) is 12.1 Å². The second-order valence-corrected chi connectivity index (χ2v) is 5.92. The molecule has 1 aromatic carbocycles. The number of carbonyl (C=O) groups is 1. The van der Waals surface area contributed by atoms with E-state index in [1.807, 2.05) is 0 Å². The van der Waals surface area contributed by atoms with E-state index in [4.69, 9.17) is 0 Å². The van der Waals surface area contributed by atoms with Crippen LogP contribution in [0.15, 0.2) is 30.3 Å². The largest absolute Gasteiger partial charge is 0.416 e. The van der Waals surface area contributed by atoms with E-state index >= 15 is 0 Å². The first kappa shape index (κ1) is 17.2. The molecule has 2 aromatic rings. The molecular weight excluding hydrogens is 333 g/mol. The number of amides is 1. The van der Waals surface area contributed by atoms with Crippen molar-refractivity contribution in [2.75, 3.05) is 18.4 Å². The molecule has 2 heterocycles. The zero-order valence-electron chi connectivity index (χ0n) is 13.6. The molecule has 1 aliphatic heterocycles. The highest BCUT2D eigenvalue weighted by Crippen LogP contribution is 2.30. The Labute approximate surface area is 142 Å². The van der Waals surface area contributed by atoms with Gasteiger partial charge >= 0.3 is 6.18 Å². The summed E-state index contributed by atoms with van der Waals surface area (Å²) in [6.07, 6.45) is -2.42. The van der Waals surface area contributed by atoms with Crippen LogP contribution in [0.25, 0.3) is 0 Å². The monoisotopic (exact) mass is 350 g/mol. The molecule has 1 N–H and O–H groups in total. The molecule has 25 heavy (non-hydrogen) atoms. The lowest BCUT2D eigenvalue weighted by atomic mass is 10.2. The Bertz CT molecular complexity index is 768. The Morgan fingerprint density at radius 3 is 2.36 bits per heavy atom. The number of anilines is 2. The first-order chi connectivity index (χ1) is 11.8. The van der Waals surface area contributed by atoms with Gasteiger partial charge in [0.1, 0.15) is 5.69 Å². The van der Waals surface area contributed by atoms with Crippen molar-refractivity contribution in [3.63, 3.8) is 0 Å². The zero-order chi connectivity index (χ0) is 18.0. The van der Waals surface area contributed by atoms with Crippen LogP contribution in [0.3, 0.4) is 0 Å². The topological polar surface area (TPSA) is 58.1 Å². The number of nitrogens with one attached hydrogen (secondary N) is 1. The van der Waals surface area contributed by atoms with Crippen LogP contribution < -0.4 is 5.32 Å². The van der Waals surface area contributed by atoms with Crippen LogP contribution in [0.5, 0.6) is 0 Å². The van der Waals surface area contributed by atoms with E-state index < -0.39 is 11.7 Å². The number of nitrogens with zero attached hydrogens (tertiary/aromatic N) is 3. The van der Waals surface area contributed by atoms with Crippen molar-refractivity contribution in [3.05, 3.63) is 47.3 Å². The van der Waals surface area contributed by atoms with Crippen LogP contribution >= 0.6 is 0 Å². The van der Waals surface area contributed by atoms with Gasteiger partial charge in [-0.15, -0.1) is 0 Å². The van der Waals surface area contributed by atoms with E-state index in [0.717, 1.165) is 25.0 Å². The lowest BCUT2D eigenvalue weighted by Gasteiger charge is -2.15. The Morgan fingerprint density at radius 1 is 1.12 bits per heavy atom. The second-order valence-electron chi connectivity index (χ2n) is 5.92. The smallest absolute Gasteiger partial charge is 0.337 e. The van der Waals surface area contributed by atoms with Gasteiger partial charge in [-0.25, -0.2) is 9.97 Å². The molecule has 3 rings (SSSR count). The predicted molar refractivity (Wildman–Crippen MR) is 86.6 cm³/mol. The summed E-state index contributed by atoms with van der Waals surface area (Å²) in [5, 5.41) is 2.85. The van der Waals surface area contributed by atoms with Crippen molar-refractivity contribution in [2.24, 2.45) is 0 Å². The number of likely N-dealkylation sites (tertiary alicyclic amines) is 1. The number of hydrogen-bond acceptors (Lipinski definition) is 4. The minimum absolute atomic E-state index is 0.154. The fourth-order valence-electron chi connectivity index (χ4n) is 2.69. The summed E-state index contributed by atoms with van der Waals surface area (Å²) < 4.78 is 37.8. The van der Waals surface area contributed by atoms with Crippen LogP contribution in [0.4, 0.5) is 24.8 Å². The van der Waals surface area contributed by atoms with Crippen LogP contribution in [0.2, 0.25) is 0 Å². The molecule has 1 amide bonds. The first-order valence-corrected chi connectivity index (χ1v) is 7.92. The minimum atomic E-state index is -4.38. The molecule has 8 heteroatoms. The number of hydrogen-bond donors (Lipinski definition) is 1. The van der Waals surface area contributed by atoms with Crippen molar-refractivity contribution in [1.29, 1.82) is 0 Å². The minimum Gasteiger partial charge on any atom is -0.337 e. The van der Waals surface area contributed by atoms with E-state index in [1.54, 1.807) is 17.9 Å². The van der Waals surface area contributed by atoms with Gasteiger partial charge in [0.25, 0.3) is 5.91 Å². The number of alkyl halides is 3. The summed E-state index contributed by atoms with van der Waals surface area (Å²) in [4.78, 5) is 22.6. The lowest BCUT2D eigenvalue weighted by molar-refractivity contribution is -0.137. The lowest BCUT2D eigenvalue weighted by Crippen LogP contribution is -2.28. The normalized spacial score (nSPS) is 14.6. The van der Waals surface area contributed by atoms with Gasteiger partial charge in [0.15, 0.2) is 0 Å². The van der Waals surface area contributed by atoms with Gasteiger partial charge in [-0.1, -0.05) is 0 Å². The standard InChI is InChI=1S/C17H17F3N4O/c1-11-10-14(15(25)24-8-2-3-9-24)23-16(21-11)22-13-6-4-12(5-7-13)17(18,19)20/h4-7,10H,2-3,8-9H2,1H3,(H,21,22,23). The van der Waals surface area contributed by atoms with Crippen LogP contribution in [-0.4, -0.2) is 33.9 Å². The number of benzene rings is 1. The number of rotatable bonds is 3. The maximum absolute atomic E-state index is 12.6. The molecule has 1 aromatic heterocycles. The molecule has 0 saturated carbocycles. The summed E-state index contributed by atoms with van der Waals surface area (Å²) in [5.74, 6) is 0.0285. The Morgan fingerprint density at radius 2 is 1.76 bits per heavy atom. The summed E-state index contributed by atoms with van der Waals surface area (Å²) in [5.41, 5.74) is 0.571. The molecule has 132 valence electrons. The first-order valence-electron chi connectivity index (χ1n) is 7.92. The Hall–Kier alpha value is -2.64. The number of aryl methyl sites for hydroxylation is 1. The van der Waals surface area contributed by atoms with Crippen molar-refractivity contribution in [1.82, 2.24) is 14.9 Å². The SMILES string of the molecule is Cc1cc(C(=O)N2CCCC2)nc(Nc2ccc(C(F)(F)F)cc2)n1. The van der Waals surface area contributed by atoms with E-state index in [-0.39, 0.29) is 17.5 Å². The fourth-order valence-corrected chi connectivity index (χ4v) is 2.69. The average Bonchev–Trinajstić information content (AvgIpc) is 3.07. The van der Waals surface area contributed by atoms with E-state index in [2.05, 4.69) is 15.3 Å². The maximum atomic E-state index is 12.6. The summed E-state index contributed by atoms with van der Waals surface area (Å²) in [6, 6.07) is 6.17. The van der Waals surface area contributed by atoms with Gasteiger partial charge in [0.2, 0.25) is 5.95 Å². The van der Waals surface area contributed by atoms with Crippen molar-refractivity contribution in [2.45, 2.75) is 25.9 Å². The highest BCUT2D eigenvalue weighted by Gasteiger charge is 2.30. The van der Waals surface area contributed by atoms with E-state index in [0.29, 0.717) is 24.5 Å². The van der Waals surface area contributed by atoms with Gasteiger partial charge < -0.3 is 10.2 Å². The molecule has 0 bridgehead atoms. The molecule has 0 atom stereocenters. The molecule has 0 spiro atoms. The molecule has 1 fully saturated rings. The molecule has 0 unspecified atom stereocenters. The highest BCUT2D eigenvalue weighted by atomic mass is 19.4. The fraction of sp³-hybridized carbons (Fsp3) is 0.353. The molecule has 5 nitrogen and oxygen atoms in total. The quantitative estimate of drug-likeness (QED) is 0.915. The molecule has 0 radical (unpaired) electrons. The summed E-state index contributed by atoms with van der Waals surface area (Å²) in [7, 11) is 0. The van der Waals surface area contributed by atoms with Crippen molar-refractivity contribution >= 4 is 17.5 Å². The Balaban J connectivity index is 1.79. The second kappa shape index (κ2) is 6.70.